The summed E-state index contributed by atoms with van der Waals surface area (Å²) in [5.41, 5.74) is 2.26. The molecule has 1 amide bonds. The first kappa shape index (κ1) is 17.0. The number of aromatic nitrogens is 2. The zero-order valence-electron chi connectivity index (χ0n) is 14.5. The molecular weight excluding hydrogens is 344 g/mol. The lowest BCUT2D eigenvalue weighted by atomic mass is 10.1. The third kappa shape index (κ3) is 4.20. The number of rotatable bonds is 6. The van der Waals surface area contributed by atoms with Crippen LogP contribution >= 0.6 is 0 Å². The summed E-state index contributed by atoms with van der Waals surface area (Å²) in [6.07, 6.45) is 0.522. The molecule has 136 valence electrons. The van der Waals surface area contributed by atoms with Crippen molar-refractivity contribution in [3.05, 3.63) is 72.1 Å². The number of hydrogen-bond donors (Lipinski definition) is 1. The molecule has 2 heterocycles. The predicted octanol–water partition coefficient (Wildman–Crippen LogP) is 2.74. The Hall–Kier alpha value is -3.48. The van der Waals surface area contributed by atoms with Crippen LogP contribution in [-0.2, 0) is 22.6 Å². The fraction of sp³-hybridized carbons (Fsp3) is 0.200. The molecule has 0 aliphatic carbocycles. The third-order valence-electron chi connectivity index (χ3n) is 4.18. The first-order valence-corrected chi connectivity index (χ1v) is 8.70. The van der Waals surface area contributed by atoms with Crippen LogP contribution in [0.5, 0.6) is 0 Å². The van der Waals surface area contributed by atoms with E-state index in [0.717, 1.165) is 11.1 Å². The van der Waals surface area contributed by atoms with E-state index in [1.807, 2.05) is 60.7 Å². The van der Waals surface area contributed by atoms with Crippen LogP contribution in [0.15, 0.2) is 70.2 Å². The molecular formula is C20H18N4O3. The number of carbonyl (C=O) groups is 1. The van der Waals surface area contributed by atoms with Gasteiger partial charge in [-0.3, -0.25) is 4.79 Å². The van der Waals surface area contributed by atoms with Gasteiger partial charge in [-0.05, 0) is 17.7 Å². The van der Waals surface area contributed by atoms with Crippen molar-refractivity contribution in [3.8, 4) is 11.5 Å². The van der Waals surface area contributed by atoms with Gasteiger partial charge >= 0.3 is 0 Å². The minimum atomic E-state index is -0.286. The summed E-state index contributed by atoms with van der Waals surface area (Å²) >= 11 is 0. The van der Waals surface area contributed by atoms with E-state index in [-0.39, 0.29) is 12.0 Å². The molecule has 7 heteroatoms. The van der Waals surface area contributed by atoms with Crippen LogP contribution in [0.25, 0.3) is 11.5 Å². The summed E-state index contributed by atoms with van der Waals surface area (Å²) in [6.45, 7) is 0.452. The lowest BCUT2D eigenvalue weighted by Crippen LogP contribution is -2.30. The number of benzene rings is 2. The Balaban J connectivity index is 1.29. The molecule has 1 aromatic heterocycles. The van der Waals surface area contributed by atoms with E-state index >= 15 is 0 Å². The Morgan fingerprint density at radius 2 is 1.78 bits per heavy atom. The van der Waals surface area contributed by atoms with Gasteiger partial charge in [0.25, 0.3) is 5.91 Å². The molecule has 0 saturated heterocycles. The van der Waals surface area contributed by atoms with Crippen LogP contribution in [0.2, 0.25) is 0 Å². The molecule has 1 aliphatic heterocycles. The van der Waals surface area contributed by atoms with Gasteiger partial charge in [0.2, 0.25) is 11.8 Å². The van der Waals surface area contributed by atoms with Crippen LogP contribution in [0, 0.1) is 0 Å². The summed E-state index contributed by atoms with van der Waals surface area (Å²) in [5.74, 6) is 0.696. The van der Waals surface area contributed by atoms with Crippen molar-refractivity contribution >= 4 is 11.6 Å². The number of carbonyl (C=O) groups excluding carboxylic acids is 1. The van der Waals surface area contributed by atoms with E-state index < -0.39 is 0 Å². The zero-order chi connectivity index (χ0) is 18.5. The average Bonchev–Trinajstić information content (AvgIpc) is 3.38. The quantitative estimate of drug-likeness (QED) is 0.728. The standard InChI is InChI=1S/C20H18N4O3/c25-19(21-13-14-7-3-1-4-8-14)17-11-16(27-24-17)12-18-22-23-20(26-18)15-9-5-2-6-10-15/h1-10,16H,11-13H2,(H,21,25). The van der Waals surface area contributed by atoms with Crippen molar-refractivity contribution in [2.45, 2.75) is 25.5 Å². The number of hydrogen-bond acceptors (Lipinski definition) is 6. The van der Waals surface area contributed by atoms with Crippen LogP contribution < -0.4 is 5.32 Å². The Bertz CT molecular complexity index is 938. The molecule has 1 atom stereocenters. The smallest absolute Gasteiger partial charge is 0.269 e. The molecule has 27 heavy (non-hydrogen) atoms. The van der Waals surface area contributed by atoms with Crippen molar-refractivity contribution in [1.29, 1.82) is 0 Å². The van der Waals surface area contributed by atoms with Crippen molar-refractivity contribution in [3.63, 3.8) is 0 Å². The van der Waals surface area contributed by atoms with E-state index in [0.29, 0.717) is 36.9 Å². The van der Waals surface area contributed by atoms with Gasteiger partial charge in [-0.15, -0.1) is 10.2 Å². The van der Waals surface area contributed by atoms with E-state index in [9.17, 15) is 4.79 Å². The first-order valence-electron chi connectivity index (χ1n) is 8.70. The molecule has 7 nitrogen and oxygen atoms in total. The monoisotopic (exact) mass is 362 g/mol. The summed E-state index contributed by atoms with van der Waals surface area (Å²) in [7, 11) is 0. The van der Waals surface area contributed by atoms with Gasteiger partial charge in [0.1, 0.15) is 11.8 Å². The van der Waals surface area contributed by atoms with Crippen molar-refractivity contribution < 1.29 is 14.0 Å². The van der Waals surface area contributed by atoms with Gasteiger partial charge in [-0.1, -0.05) is 53.7 Å². The minimum Gasteiger partial charge on any atom is -0.421 e. The fourth-order valence-electron chi connectivity index (χ4n) is 2.78. The molecule has 0 fully saturated rings. The Morgan fingerprint density at radius 3 is 2.56 bits per heavy atom. The fourth-order valence-corrected chi connectivity index (χ4v) is 2.78. The Labute approximate surface area is 156 Å². The van der Waals surface area contributed by atoms with Gasteiger partial charge in [-0.25, -0.2) is 0 Å². The highest BCUT2D eigenvalue weighted by molar-refractivity contribution is 6.39. The van der Waals surface area contributed by atoms with Gasteiger partial charge in [0, 0.05) is 18.5 Å². The lowest BCUT2D eigenvalue weighted by molar-refractivity contribution is -0.115. The maximum absolute atomic E-state index is 12.2. The Morgan fingerprint density at radius 1 is 1.04 bits per heavy atom. The summed E-state index contributed by atoms with van der Waals surface area (Å²) in [4.78, 5) is 17.6. The van der Waals surface area contributed by atoms with E-state index in [4.69, 9.17) is 9.25 Å². The molecule has 1 N–H and O–H groups in total. The largest absolute Gasteiger partial charge is 0.421 e. The lowest BCUT2D eigenvalue weighted by Gasteiger charge is -2.05. The molecule has 4 rings (SSSR count). The van der Waals surface area contributed by atoms with Gasteiger partial charge in [-0.2, -0.15) is 0 Å². The zero-order valence-corrected chi connectivity index (χ0v) is 14.5. The second-order valence-electron chi connectivity index (χ2n) is 6.21. The summed E-state index contributed by atoms with van der Waals surface area (Å²) in [6, 6.07) is 19.3. The van der Waals surface area contributed by atoms with E-state index in [1.54, 1.807) is 0 Å². The minimum absolute atomic E-state index is 0.225. The van der Waals surface area contributed by atoms with Gasteiger partial charge < -0.3 is 14.6 Å². The highest BCUT2D eigenvalue weighted by Gasteiger charge is 2.28. The number of oxime groups is 1. The normalized spacial score (nSPS) is 15.9. The molecule has 0 saturated carbocycles. The molecule has 3 aromatic rings. The first-order chi connectivity index (χ1) is 13.3. The molecule has 1 unspecified atom stereocenters. The maximum Gasteiger partial charge on any atom is 0.269 e. The van der Waals surface area contributed by atoms with Gasteiger partial charge in [0.05, 0.1) is 6.42 Å². The third-order valence-corrected chi connectivity index (χ3v) is 4.18. The van der Waals surface area contributed by atoms with Crippen molar-refractivity contribution in [2.75, 3.05) is 0 Å². The number of nitrogens with one attached hydrogen (secondary N) is 1. The van der Waals surface area contributed by atoms with Crippen LogP contribution in [0.3, 0.4) is 0 Å². The van der Waals surface area contributed by atoms with Gasteiger partial charge in [0.15, 0.2) is 0 Å². The van der Waals surface area contributed by atoms with Crippen LogP contribution in [0.1, 0.15) is 17.9 Å². The number of nitrogens with zero attached hydrogens (tertiary/aromatic N) is 3. The van der Waals surface area contributed by atoms with Crippen LogP contribution in [0.4, 0.5) is 0 Å². The summed E-state index contributed by atoms with van der Waals surface area (Å²) < 4.78 is 5.68. The van der Waals surface area contributed by atoms with E-state index in [1.165, 1.54) is 0 Å². The SMILES string of the molecule is O=C(NCc1ccccc1)C1=NOC(Cc2nnc(-c3ccccc3)o2)C1. The summed E-state index contributed by atoms with van der Waals surface area (Å²) in [5, 5.41) is 14.9. The number of amides is 1. The predicted molar refractivity (Wildman–Crippen MR) is 98.7 cm³/mol. The van der Waals surface area contributed by atoms with Crippen molar-refractivity contribution in [2.24, 2.45) is 5.16 Å². The molecule has 0 bridgehead atoms. The second-order valence-corrected chi connectivity index (χ2v) is 6.21. The van der Waals surface area contributed by atoms with Crippen molar-refractivity contribution in [1.82, 2.24) is 15.5 Å². The topological polar surface area (TPSA) is 89.6 Å². The second kappa shape index (κ2) is 7.82. The molecule has 0 spiro atoms. The molecule has 0 radical (unpaired) electrons. The highest BCUT2D eigenvalue weighted by atomic mass is 16.6. The maximum atomic E-state index is 12.2. The average molecular weight is 362 g/mol. The highest BCUT2D eigenvalue weighted by Crippen LogP contribution is 2.20. The molecule has 1 aliphatic rings. The molecule has 2 aromatic carbocycles. The van der Waals surface area contributed by atoms with Crippen LogP contribution in [-0.4, -0.2) is 27.9 Å². The Kier molecular flexibility index (Phi) is 4.91. The van der Waals surface area contributed by atoms with E-state index in [2.05, 4.69) is 20.7 Å².